The molecule has 0 saturated carbocycles. The molecule has 1 heterocycles. The van der Waals surface area contributed by atoms with Gasteiger partial charge < -0.3 is 5.11 Å². The third-order valence-electron chi connectivity index (χ3n) is 3.39. The second-order valence-electron chi connectivity index (χ2n) is 4.63. The summed E-state index contributed by atoms with van der Waals surface area (Å²) in [6.45, 7) is 5.69. The second kappa shape index (κ2) is 5.46. The molecule has 1 N–H and O–H groups in total. The molecule has 16 heavy (non-hydrogen) atoms. The summed E-state index contributed by atoms with van der Waals surface area (Å²) < 4.78 is 0. The first-order valence-electron chi connectivity index (χ1n) is 6.28. The van der Waals surface area contributed by atoms with E-state index < -0.39 is 0 Å². The van der Waals surface area contributed by atoms with Crippen molar-refractivity contribution in [1.29, 1.82) is 0 Å². The van der Waals surface area contributed by atoms with Crippen LogP contribution in [0.4, 0.5) is 0 Å². The van der Waals surface area contributed by atoms with Crippen LogP contribution in [0.3, 0.4) is 0 Å². The average molecular weight is 219 g/mol. The van der Waals surface area contributed by atoms with Crippen molar-refractivity contribution in [2.24, 2.45) is 0 Å². The van der Waals surface area contributed by atoms with Gasteiger partial charge in [-0.2, -0.15) is 0 Å². The molecule has 0 bridgehead atoms. The first-order chi connectivity index (χ1) is 7.85. The van der Waals surface area contributed by atoms with E-state index in [-0.39, 0.29) is 6.61 Å². The van der Waals surface area contributed by atoms with Crippen LogP contribution < -0.4 is 0 Å². The molecule has 88 valence electrons. The van der Waals surface area contributed by atoms with Gasteiger partial charge in [0.15, 0.2) is 0 Å². The van der Waals surface area contributed by atoms with E-state index in [4.69, 9.17) is 0 Å². The Balaban J connectivity index is 1.98. The number of aliphatic hydroxyl groups excluding tert-OH is 1. The maximum Gasteiger partial charge on any atom is 0.0685 e. The van der Waals surface area contributed by atoms with Gasteiger partial charge in [0.05, 0.1) is 6.61 Å². The molecule has 0 atom stereocenters. The number of aliphatic hydroxyl groups is 1. The number of nitrogens with zero attached hydrogens (tertiary/aromatic N) is 1. The summed E-state index contributed by atoms with van der Waals surface area (Å²) in [6, 6.07) is 6.28. The van der Waals surface area contributed by atoms with Crippen LogP contribution in [0.25, 0.3) is 0 Å². The third kappa shape index (κ3) is 2.45. The minimum absolute atomic E-state index is 0.173. The molecular formula is C14H21NO. The molecule has 0 aromatic heterocycles. The van der Waals surface area contributed by atoms with Gasteiger partial charge in [0.25, 0.3) is 0 Å². The molecule has 2 heteroatoms. The summed E-state index contributed by atoms with van der Waals surface area (Å²) in [5, 5.41) is 9.28. The molecule has 0 radical (unpaired) electrons. The lowest BCUT2D eigenvalue weighted by Gasteiger charge is -2.14. The van der Waals surface area contributed by atoms with Crippen molar-refractivity contribution in [3.8, 4) is 0 Å². The predicted octanol–water partition coefficient (Wildman–Crippen LogP) is 2.68. The smallest absolute Gasteiger partial charge is 0.0685 e. The summed E-state index contributed by atoms with van der Waals surface area (Å²) in [5.74, 6) is 0. The highest BCUT2D eigenvalue weighted by Gasteiger charge is 2.20. The van der Waals surface area contributed by atoms with Gasteiger partial charge in [-0.15, -0.1) is 0 Å². The maximum atomic E-state index is 9.28. The summed E-state index contributed by atoms with van der Waals surface area (Å²) in [5.41, 5.74) is 3.88. The van der Waals surface area contributed by atoms with Crippen LogP contribution >= 0.6 is 0 Å². The lowest BCUT2D eigenvalue weighted by molar-refractivity contribution is 0.267. The number of unbranched alkanes of at least 4 members (excludes halogenated alkanes) is 2. The quantitative estimate of drug-likeness (QED) is 0.770. The van der Waals surface area contributed by atoms with Crippen LogP contribution in [0.5, 0.6) is 0 Å². The van der Waals surface area contributed by atoms with Crippen LogP contribution in [0.1, 0.15) is 42.9 Å². The fourth-order valence-corrected chi connectivity index (χ4v) is 2.45. The number of benzene rings is 1. The number of fused-ring (bicyclic) bond motifs is 1. The molecular weight excluding hydrogens is 198 g/mol. The second-order valence-corrected chi connectivity index (χ2v) is 4.63. The molecule has 0 amide bonds. The average Bonchev–Trinajstić information content (AvgIpc) is 2.71. The largest absolute Gasteiger partial charge is 0.392 e. The zero-order valence-corrected chi connectivity index (χ0v) is 10.1. The Morgan fingerprint density at radius 3 is 2.88 bits per heavy atom. The van der Waals surface area contributed by atoms with Crippen molar-refractivity contribution >= 4 is 0 Å². The molecule has 0 aliphatic carbocycles. The van der Waals surface area contributed by atoms with Crippen LogP contribution in [-0.2, 0) is 19.7 Å². The molecule has 1 aromatic rings. The van der Waals surface area contributed by atoms with E-state index in [2.05, 4.69) is 24.0 Å². The van der Waals surface area contributed by atoms with Crippen LogP contribution in [-0.4, -0.2) is 16.6 Å². The van der Waals surface area contributed by atoms with E-state index in [1.54, 1.807) is 0 Å². The highest BCUT2D eigenvalue weighted by Crippen LogP contribution is 2.26. The molecule has 2 nitrogen and oxygen atoms in total. The highest BCUT2D eigenvalue weighted by atomic mass is 16.3. The first-order valence-corrected chi connectivity index (χ1v) is 6.28. The van der Waals surface area contributed by atoms with Crippen molar-refractivity contribution in [2.75, 3.05) is 6.54 Å². The van der Waals surface area contributed by atoms with E-state index in [0.717, 1.165) is 18.7 Å². The van der Waals surface area contributed by atoms with Crippen LogP contribution in [0, 0.1) is 0 Å². The number of hydrogen-bond donors (Lipinski definition) is 1. The van der Waals surface area contributed by atoms with Gasteiger partial charge >= 0.3 is 0 Å². The van der Waals surface area contributed by atoms with E-state index in [0.29, 0.717) is 0 Å². The molecule has 1 aliphatic rings. The Morgan fingerprint density at radius 2 is 2.12 bits per heavy atom. The van der Waals surface area contributed by atoms with Crippen molar-refractivity contribution in [3.63, 3.8) is 0 Å². The normalized spacial score (nSPS) is 15.4. The van der Waals surface area contributed by atoms with Gasteiger partial charge in [-0.3, -0.25) is 4.90 Å². The number of hydrogen-bond acceptors (Lipinski definition) is 2. The highest BCUT2D eigenvalue weighted by molar-refractivity contribution is 5.37. The molecule has 0 fully saturated rings. The van der Waals surface area contributed by atoms with E-state index in [9.17, 15) is 5.11 Å². The van der Waals surface area contributed by atoms with E-state index in [1.165, 1.54) is 36.9 Å². The van der Waals surface area contributed by atoms with E-state index in [1.807, 2.05) is 6.07 Å². The van der Waals surface area contributed by atoms with Gasteiger partial charge in [0.2, 0.25) is 0 Å². The molecule has 1 aliphatic heterocycles. The van der Waals surface area contributed by atoms with Crippen LogP contribution in [0.15, 0.2) is 18.2 Å². The Morgan fingerprint density at radius 1 is 1.25 bits per heavy atom. The van der Waals surface area contributed by atoms with Crippen molar-refractivity contribution in [3.05, 3.63) is 34.9 Å². The minimum Gasteiger partial charge on any atom is -0.392 e. The SMILES string of the molecule is CCCCCN1Cc2cccc(CO)c2C1. The molecule has 2 rings (SSSR count). The van der Waals surface area contributed by atoms with Crippen molar-refractivity contribution in [1.82, 2.24) is 4.90 Å². The van der Waals surface area contributed by atoms with E-state index >= 15 is 0 Å². The van der Waals surface area contributed by atoms with Gasteiger partial charge in [0.1, 0.15) is 0 Å². The molecule has 0 unspecified atom stereocenters. The Hall–Kier alpha value is -0.860. The van der Waals surface area contributed by atoms with Gasteiger partial charge in [-0.25, -0.2) is 0 Å². The van der Waals surface area contributed by atoms with Crippen molar-refractivity contribution < 1.29 is 5.11 Å². The Labute approximate surface area is 97.9 Å². The zero-order chi connectivity index (χ0) is 11.4. The topological polar surface area (TPSA) is 23.5 Å². The predicted molar refractivity (Wildman–Crippen MR) is 66.0 cm³/mol. The maximum absolute atomic E-state index is 9.28. The Kier molecular flexibility index (Phi) is 3.97. The van der Waals surface area contributed by atoms with Gasteiger partial charge in [-0.1, -0.05) is 38.0 Å². The first kappa shape index (κ1) is 11.6. The standard InChI is InChI=1S/C14H21NO/c1-2-3-4-8-15-9-12-6-5-7-13(11-16)14(12)10-15/h5-7,16H,2-4,8-11H2,1H3. The molecule has 0 spiro atoms. The van der Waals surface area contributed by atoms with Crippen molar-refractivity contribution in [2.45, 2.75) is 45.9 Å². The van der Waals surface area contributed by atoms with Gasteiger partial charge in [-0.05, 0) is 29.7 Å². The molecule has 1 aromatic carbocycles. The third-order valence-corrected chi connectivity index (χ3v) is 3.39. The minimum atomic E-state index is 0.173. The summed E-state index contributed by atoms with van der Waals surface area (Å²) in [6.07, 6.45) is 3.89. The van der Waals surface area contributed by atoms with Crippen LogP contribution in [0.2, 0.25) is 0 Å². The fourth-order valence-electron chi connectivity index (χ4n) is 2.45. The summed E-state index contributed by atoms with van der Waals surface area (Å²) in [7, 11) is 0. The lowest BCUT2D eigenvalue weighted by atomic mass is 10.0. The zero-order valence-electron chi connectivity index (χ0n) is 10.1. The molecule has 0 saturated heterocycles. The Bertz CT molecular complexity index is 349. The lowest BCUT2D eigenvalue weighted by Crippen LogP contribution is -2.17. The monoisotopic (exact) mass is 219 g/mol. The number of rotatable bonds is 5. The summed E-state index contributed by atoms with van der Waals surface area (Å²) >= 11 is 0. The fraction of sp³-hybridized carbons (Fsp3) is 0.571. The summed E-state index contributed by atoms with van der Waals surface area (Å²) in [4.78, 5) is 2.49. The van der Waals surface area contributed by atoms with Gasteiger partial charge in [0, 0.05) is 13.1 Å².